The topological polar surface area (TPSA) is 65.8 Å². The lowest BCUT2D eigenvalue weighted by molar-refractivity contribution is 0.0695. The average Bonchev–Trinajstić information content (AvgIpc) is 2.60. The Kier molecular flexibility index (Phi) is 4.04. The van der Waals surface area contributed by atoms with Crippen LogP contribution in [0.2, 0.25) is 0 Å². The van der Waals surface area contributed by atoms with Gasteiger partial charge in [-0.25, -0.2) is 9.18 Å². The van der Waals surface area contributed by atoms with Gasteiger partial charge in [0.1, 0.15) is 11.4 Å². The van der Waals surface area contributed by atoms with Gasteiger partial charge in [-0.3, -0.25) is 4.79 Å². The largest absolute Gasteiger partial charge is 0.477 e. The predicted octanol–water partition coefficient (Wildman–Crippen LogP) is 2.51. The molecule has 4 rings (SSSR count). The first kappa shape index (κ1) is 17.1. The Morgan fingerprint density at radius 1 is 1.27 bits per heavy atom. The fraction of sp³-hybridized carbons (Fsp3) is 0.333. The second-order valence-corrected chi connectivity index (χ2v) is 7.53. The van der Waals surface area contributed by atoms with Crippen LogP contribution in [0.15, 0.2) is 27.4 Å². The highest BCUT2D eigenvalue weighted by Crippen LogP contribution is 2.43. The molecule has 2 aromatic rings. The highest BCUT2D eigenvalue weighted by Gasteiger charge is 2.28. The third kappa shape index (κ3) is 2.52. The second kappa shape index (κ2) is 6.14. The number of allylic oxidation sites excluding steroid dienone is 1. The quantitative estimate of drug-likeness (QED) is 0.870. The molecule has 0 atom stereocenters. The van der Waals surface area contributed by atoms with E-state index in [1.54, 1.807) is 4.57 Å². The molecule has 0 unspecified atom stereocenters. The van der Waals surface area contributed by atoms with Crippen LogP contribution in [0.3, 0.4) is 0 Å². The van der Waals surface area contributed by atoms with Crippen molar-refractivity contribution in [3.63, 3.8) is 0 Å². The Hall–Kier alpha value is -2.32. The predicted molar refractivity (Wildman–Crippen MR) is 101 cm³/mol. The Balaban J connectivity index is 2.02. The first-order valence-electron chi connectivity index (χ1n) is 8.31. The van der Waals surface area contributed by atoms with Crippen molar-refractivity contribution in [3.05, 3.63) is 39.3 Å². The minimum atomic E-state index is -1.31. The van der Waals surface area contributed by atoms with Crippen LogP contribution in [0.5, 0.6) is 0 Å². The maximum Gasteiger partial charge on any atom is 0.341 e. The molecule has 1 N–H and O–H groups in total. The first-order valence-corrected chi connectivity index (χ1v) is 9.19. The first-order chi connectivity index (χ1) is 12.4. The number of nitrogens with zero attached hydrogens (tertiary/aromatic N) is 3. The molecular formula is C18H18FN3O3S. The zero-order valence-electron chi connectivity index (χ0n) is 14.5. The summed E-state index contributed by atoms with van der Waals surface area (Å²) in [6.07, 6.45) is 1.34. The third-order valence-corrected chi connectivity index (χ3v) is 6.03. The number of anilines is 1. The highest BCUT2D eigenvalue weighted by atomic mass is 32.2. The fourth-order valence-corrected chi connectivity index (χ4v) is 4.54. The second-order valence-electron chi connectivity index (χ2n) is 6.65. The Bertz CT molecular complexity index is 1020. The monoisotopic (exact) mass is 375 g/mol. The Morgan fingerprint density at radius 3 is 2.62 bits per heavy atom. The number of pyridine rings is 1. The lowest BCUT2D eigenvalue weighted by atomic mass is 10.1. The Morgan fingerprint density at radius 2 is 1.96 bits per heavy atom. The maximum absolute atomic E-state index is 15.0. The van der Waals surface area contributed by atoms with Crippen LogP contribution in [-0.2, 0) is 0 Å². The van der Waals surface area contributed by atoms with Gasteiger partial charge in [-0.05, 0) is 25.4 Å². The van der Waals surface area contributed by atoms with Crippen LogP contribution in [0.4, 0.5) is 10.1 Å². The van der Waals surface area contributed by atoms with Crippen LogP contribution in [0, 0.1) is 5.82 Å². The van der Waals surface area contributed by atoms with Crippen molar-refractivity contribution in [1.29, 1.82) is 0 Å². The van der Waals surface area contributed by atoms with E-state index < -0.39 is 17.2 Å². The molecule has 0 aliphatic carbocycles. The lowest BCUT2D eigenvalue weighted by Crippen LogP contribution is -2.45. The average molecular weight is 375 g/mol. The normalized spacial score (nSPS) is 17.5. The van der Waals surface area contributed by atoms with E-state index in [4.69, 9.17) is 0 Å². The van der Waals surface area contributed by atoms with E-state index >= 15 is 4.39 Å². The molecule has 1 saturated heterocycles. The number of hydrogen-bond acceptors (Lipinski definition) is 5. The van der Waals surface area contributed by atoms with Gasteiger partial charge < -0.3 is 19.5 Å². The van der Waals surface area contributed by atoms with Crippen LogP contribution in [0.25, 0.3) is 16.6 Å². The van der Waals surface area contributed by atoms with Gasteiger partial charge in [-0.1, -0.05) is 11.8 Å². The molecule has 0 spiro atoms. The van der Waals surface area contributed by atoms with Gasteiger partial charge in [0.05, 0.1) is 21.5 Å². The van der Waals surface area contributed by atoms with E-state index in [-0.39, 0.29) is 10.9 Å². The number of likely N-dealkylation sites (N-methyl/N-ethyl adjacent to an activating group) is 1. The van der Waals surface area contributed by atoms with Crippen molar-refractivity contribution in [2.45, 2.75) is 11.8 Å². The summed E-state index contributed by atoms with van der Waals surface area (Å²) in [6, 6.07) is 1.19. The van der Waals surface area contributed by atoms with Crippen molar-refractivity contribution < 1.29 is 14.3 Å². The molecule has 1 aromatic carbocycles. The molecule has 136 valence electrons. The summed E-state index contributed by atoms with van der Waals surface area (Å²) >= 11 is 1.38. The van der Waals surface area contributed by atoms with Crippen molar-refractivity contribution >= 4 is 40.0 Å². The number of hydrogen-bond donors (Lipinski definition) is 1. The molecule has 0 amide bonds. The molecule has 2 aliphatic rings. The number of carboxylic acid groups (broad SMARTS) is 1. The zero-order chi connectivity index (χ0) is 18.6. The summed E-state index contributed by atoms with van der Waals surface area (Å²) in [5, 5.41) is 11.3. The minimum absolute atomic E-state index is 0.107. The van der Waals surface area contributed by atoms with Crippen LogP contribution in [-0.4, -0.2) is 53.8 Å². The number of piperazine rings is 1. The van der Waals surface area contributed by atoms with Gasteiger partial charge in [0.15, 0.2) is 0 Å². The van der Waals surface area contributed by atoms with E-state index in [0.29, 0.717) is 29.2 Å². The summed E-state index contributed by atoms with van der Waals surface area (Å²) in [5.74, 6) is -1.79. The summed E-state index contributed by atoms with van der Waals surface area (Å²) < 4.78 is 16.7. The molecule has 1 aromatic heterocycles. The van der Waals surface area contributed by atoms with E-state index in [2.05, 4.69) is 4.90 Å². The minimum Gasteiger partial charge on any atom is -0.477 e. The lowest BCUT2D eigenvalue weighted by Gasteiger charge is -2.36. The molecule has 26 heavy (non-hydrogen) atoms. The number of thioether (sulfide) groups is 1. The standard InChI is InChI=1S/C18H18FN3O3S/c1-10-9-26-17-14-11(16(23)12(18(24)25)8-22(10)14)7-13(19)15(17)21-5-3-20(2)4-6-21/h7-9H,3-6H2,1-2H3,(H,24,25). The molecule has 3 heterocycles. The van der Waals surface area contributed by atoms with Crippen LogP contribution >= 0.6 is 11.8 Å². The summed E-state index contributed by atoms with van der Waals surface area (Å²) in [7, 11) is 2.03. The summed E-state index contributed by atoms with van der Waals surface area (Å²) in [6.45, 7) is 4.91. The fourth-order valence-electron chi connectivity index (χ4n) is 3.48. The number of rotatable bonds is 2. The number of aromatic nitrogens is 1. The van der Waals surface area contributed by atoms with Gasteiger partial charge in [0.25, 0.3) is 0 Å². The maximum atomic E-state index is 15.0. The molecule has 6 nitrogen and oxygen atoms in total. The van der Waals surface area contributed by atoms with E-state index in [1.807, 2.05) is 24.3 Å². The van der Waals surface area contributed by atoms with E-state index in [0.717, 1.165) is 18.8 Å². The summed E-state index contributed by atoms with van der Waals surface area (Å²) in [4.78, 5) is 28.9. The number of carbonyl (C=O) groups is 1. The number of aromatic carboxylic acids is 1. The highest BCUT2D eigenvalue weighted by molar-refractivity contribution is 8.02. The zero-order valence-corrected chi connectivity index (χ0v) is 15.3. The van der Waals surface area contributed by atoms with Gasteiger partial charge in [-0.15, -0.1) is 0 Å². The molecule has 1 fully saturated rings. The van der Waals surface area contributed by atoms with Crippen LogP contribution in [0.1, 0.15) is 17.3 Å². The molecule has 0 bridgehead atoms. The van der Waals surface area contributed by atoms with E-state index in [1.165, 1.54) is 24.0 Å². The van der Waals surface area contributed by atoms with Gasteiger partial charge in [0, 0.05) is 38.1 Å². The summed E-state index contributed by atoms with van der Waals surface area (Å²) in [5.41, 5.74) is 0.876. The number of carboxylic acids is 1. The third-order valence-electron chi connectivity index (χ3n) is 4.95. The van der Waals surface area contributed by atoms with Crippen LogP contribution < -0.4 is 10.3 Å². The number of halogens is 1. The van der Waals surface area contributed by atoms with Gasteiger partial charge >= 0.3 is 5.97 Å². The van der Waals surface area contributed by atoms with Crippen molar-refractivity contribution in [2.24, 2.45) is 0 Å². The Labute approximate surface area is 153 Å². The number of benzene rings is 1. The van der Waals surface area contributed by atoms with Gasteiger partial charge in [0.2, 0.25) is 5.43 Å². The van der Waals surface area contributed by atoms with Crippen molar-refractivity contribution in [2.75, 3.05) is 38.1 Å². The molecule has 0 saturated carbocycles. The molecule has 2 aliphatic heterocycles. The smallest absolute Gasteiger partial charge is 0.341 e. The van der Waals surface area contributed by atoms with E-state index in [9.17, 15) is 14.7 Å². The molecule has 8 heteroatoms. The SMILES string of the molecule is CC1=CSc2c(N3CCN(C)CC3)c(F)cc3c(=O)c(C(=O)O)cn1c23. The molecule has 0 radical (unpaired) electrons. The van der Waals surface area contributed by atoms with Crippen molar-refractivity contribution in [3.8, 4) is 0 Å². The van der Waals surface area contributed by atoms with Crippen molar-refractivity contribution in [1.82, 2.24) is 9.47 Å². The van der Waals surface area contributed by atoms with Gasteiger partial charge in [-0.2, -0.15) is 0 Å². The molecular weight excluding hydrogens is 357 g/mol.